The normalized spacial score (nSPS) is 25.6. The SMILES string of the molecule is CC(CNC(C)(C)C)C(C)N1CCN(CC2CC2)CC1. The summed E-state index contributed by atoms with van der Waals surface area (Å²) in [5, 5.41) is 3.65. The molecule has 1 N–H and O–H groups in total. The summed E-state index contributed by atoms with van der Waals surface area (Å²) in [5.74, 6) is 1.75. The highest BCUT2D eigenvalue weighted by molar-refractivity contribution is 4.84. The molecular formula is C17H35N3. The minimum Gasteiger partial charge on any atom is -0.312 e. The molecule has 0 spiro atoms. The van der Waals surface area contributed by atoms with Crippen molar-refractivity contribution in [2.24, 2.45) is 11.8 Å². The third kappa shape index (κ3) is 5.34. The summed E-state index contributed by atoms with van der Waals surface area (Å²) >= 11 is 0. The average Bonchev–Trinajstić information content (AvgIpc) is 3.19. The molecule has 0 aromatic heterocycles. The Balaban J connectivity index is 1.68. The zero-order valence-electron chi connectivity index (χ0n) is 14.3. The molecule has 2 aliphatic rings. The minimum absolute atomic E-state index is 0.233. The fraction of sp³-hybridized carbons (Fsp3) is 1.00. The number of hydrogen-bond donors (Lipinski definition) is 1. The lowest BCUT2D eigenvalue weighted by molar-refractivity contribution is 0.0768. The highest BCUT2D eigenvalue weighted by atomic mass is 15.3. The first-order valence-corrected chi connectivity index (χ1v) is 8.56. The largest absolute Gasteiger partial charge is 0.312 e. The monoisotopic (exact) mass is 281 g/mol. The fourth-order valence-electron chi connectivity index (χ4n) is 3.02. The van der Waals surface area contributed by atoms with Crippen molar-refractivity contribution < 1.29 is 0 Å². The Morgan fingerprint density at radius 2 is 1.65 bits per heavy atom. The van der Waals surface area contributed by atoms with Crippen LogP contribution in [0.15, 0.2) is 0 Å². The Hall–Kier alpha value is -0.120. The lowest BCUT2D eigenvalue weighted by atomic mass is 9.99. The van der Waals surface area contributed by atoms with Crippen molar-refractivity contribution in [1.29, 1.82) is 0 Å². The smallest absolute Gasteiger partial charge is 0.0113 e. The molecular weight excluding hydrogens is 246 g/mol. The van der Waals surface area contributed by atoms with E-state index in [2.05, 4.69) is 49.7 Å². The van der Waals surface area contributed by atoms with Crippen LogP contribution >= 0.6 is 0 Å². The van der Waals surface area contributed by atoms with Crippen LogP contribution in [0.25, 0.3) is 0 Å². The van der Waals surface area contributed by atoms with E-state index in [1.54, 1.807) is 0 Å². The topological polar surface area (TPSA) is 18.5 Å². The van der Waals surface area contributed by atoms with Crippen molar-refractivity contribution in [2.75, 3.05) is 39.3 Å². The maximum Gasteiger partial charge on any atom is 0.0113 e. The quantitative estimate of drug-likeness (QED) is 0.807. The van der Waals surface area contributed by atoms with Gasteiger partial charge in [0.05, 0.1) is 0 Å². The van der Waals surface area contributed by atoms with Gasteiger partial charge in [-0.25, -0.2) is 0 Å². The summed E-state index contributed by atoms with van der Waals surface area (Å²) in [5.41, 5.74) is 0.233. The first kappa shape index (κ1) is 16.3. The molecule has 0 aromatic rings. The summed E-state index contributed by atoms with van der Waals surface area (Å²) in [4.78, 5) is 5.37. The molecule has 1 saturated heterocycles. The van der Waals surface area contributed by atoms with Gasteiger partial charge in [-0.2, -0.15) is 0 Å². The van der Waals surface area contributed by atoms with Gasteiger partial charge in [-0.05, 0) is 58.9 Å². The third-order valence-corrected chi connectivity index (χ3v) is 4.97. The van der Waals surface area contributed by atoms with Crippen LogP contribution in [0.1, 0.15) is 47.5 Å². The Kier molecular flexibility index (Phi) is 5.49. The first-order valence-electron chi connectivity index (χ1n) is 8.56. The van der Waals surface area contributed by atoms with Crippen molar-refractivity contribution >= 4 is 0 Å². The van der Waals surface area contributed by atoms with Crippen LogP contribution in [0.4, 0.5) is 0 Å². The van der Waals surface area contributed by atoms with Gasteiger partial charge in [-0.1, -0.05) is 6.92 Å². The molecule has 0 bridgehead atoms. The predicted octanol–water partition coefficient (Wildman–Crippen LogP) is 2.43. The molecule has 1 aliphatic carbocycles. The highest BCUT2D eigenvalue weighted by Gasteiger charge is 2.29. The second kappa shape index (κ2) is 6.76. The van der Waals surface area contributed by atoms with Gasteiger partial charge in [0.25, 0.3) is 0 Å². The molecule has 1 aliphatic heterocycles. The number of hydrogen-bond acceptors (Lipinski definition) is 3. The number of nitrogens with zero attached hydrogens (tertiary/aromatic N) is 2. The number of piperazine rings is 1. The Morgan fingerprint density at radius 1 is 1.05 bits per heavy atom. The van der Waals surface area contributed by atoms with Crippen molar-refractivity contribution in [1.82, 2.24) is 15.1 Å². The highest BCUT2D eigenvalue weighted by Crippen LogP contribution is 2.30. The lowest BCUT2D eigenvalue weighted by Gasteiger charge is -2.40. The molecule has 118 valence electrons. The van der Waals surface area contributed by atoms with Crippen LogP contribution in [-0.2, 0) is 0 Å². The van der Waals surface area contributed by atoms with Crippen LogP contribution in [0, 0.1) is 11.8 Å². The zero-order valence-corrected chi connectivity index (χ0v) is 14.3. The first-order chi connectivity index (χ1) is 9.35. The third-order valence-electron chi connectivity index (χ3n) is 4.97. The summed E-state index contributed by atoms with van der Waals surface area (Å²) in [6, 6.07) is 0.688. The molecule has 0 amide bonds. The van der Waals surface area contributed by atoms with Gasteiger partial charge in [0.2, 0.25) is 0 Å². The van der Waals surface area contributed by atoms with E-state index in [9.17, 15) is 0 Å². The van der Waals surface area contributed by atoms with E-state index in [4.69, 9.17) is 0 Å². The molecule has 3 nitrogen and oxygen atoms in total. The average molecular weight is 281 g/mol. The molecule has 3 heteroatoms. The van der Waals surface area contributed by atoms with E-state index in [-0.39, 0.29) is 5.54 Å². The summed E-state index contributed by atoms with van der Waals surface area (Å²) in [7, 11) is 0. The van der Waals surface area contributed by atoms with Crippen molar-refractivity contribution in [3.05, 3.63) is 0 Å². The summed E-state index contributed by atoms with van der Waals surface area (Å²) < 4.78 is 0. The summed E-state index contributed by atoms with van der Waals surface area (Å²) in [6.45, 7) is 19.1. The van der Waals surface area contributed by atoms with E-state index in [1.165, 1.54) is 45.6 Å². The van der Waals surface area contributed by atoms with Gasteiger partial charge in [-0.3, -0.25) is 4.90 Å². The summed E-state index contributed by atoms with van der Waals surface area (Å²) in [6.07, 6.45) is 2.96. The molecule has 2 rings (SSSR count). The van der Waals surface area contributed by atoms with E-state index in [1.807, 2.05) is 0 Å². The Labute approximate surface area is 126 Å². The van der Waals surface area contributed by atoms with Crippen molar-refractivity contribution in [3.63, 3.8) is 0 Å². The van der Waals surface area contributed by atoms with Gasteiger partial charge < -0.3 is 10.2 Å². The van der Waals surface area contributed by atoms with Gasteiger partial charge >= 0.3 is 0 Å². The van der Waals surface area contributed by atoms with Crippen molar-refractivity contribution in [2.45, 2.75) is 59.0 Å². The van der Waals surface area contributed by atoms with Crippen LogP contribution in [0.5, 0.6) is 0 Å². The van der Waals surface area contributed by atoms with Crippen LogP contribution in [0.2, 0.25) is 0 Å². The zero-order chi connectivity index (χ0) is 14.8. The number of rotatable bonds is 6. The van der Waals surface area contributed by atoms with E-state index >= 15 is 0 Å². The molecule has 2 atom stereocenters. The van der Waals surface area contributed by atoms with Crippen molar-refractivity contribution in [3.8, 4) is 0 Å². The standard InChI is InChI=1S/C17H35N3/c1-14(12-18-17(3,4)5)15(2)20-10-8-19(9-11-20)13-16-6-7-16/h14-16,18H,6-13H2,1-5H3. The Bertz CT molecular complexity index is 285. The fourth-order valence-corrected chi connectivity index (χ4v) is 3.02. The lowest BCUT2D eigenvalue weighted by Crippen LogP contribution is -2.53. The van der Waals surface area contributed by atoms with Gasteiger partial charge in [-0.15, -0.1) is 0 Å². The second-order valence-electron chi connectivity index (χ2n) is 8.13. The molecule has 2 unspecified atom stereocenters. The van der Waals surface area contributed by atoms with Gasteiger partial charge in [0.1, 0.15) is 0 Å². The van der Waals surface area contributed by atoms with Gasteiger partial charge in [0.15, 0.2) is 0 Å². The van der Waals surface area contributed by atoms with E-state index < -0.39 is 0 Å². The Morgan fingerprint density at radius 3 is 2.15 bits per heavy atom. The molecule has 2 fully saturated rings. The molecule has 1 saturated carbocycles. The molecule has 1 heterocycles. The molecule has 20 heavy (non-hydrogen) atoms. The van der Waals surface area contributed by atoms with Crippen LogP contribution < -0.4 is 5.32 Å². The van der Waals surface area contributed by atoms with E-state index in [0.717, 1.165) is 12.5 Å². The molecule has 0 radical (unpaired) electrons. The van der Waals surface area contributed by atoms with Gasteiger partial charge in [0, 0.05) is 44.3 Å². The number of nitrogens with one attached hydrogen (secondary N) is 1. The van der Waals surface area contributed by atoms with E-state index in [0.29, 0.717) is 12.0 Å². The second-order valence-corrected chi connectivity index (χ2v) is 8.13. The maximum atomic E-state index is 3.65. The maximum absolute atomic E-state index is 3.65. The minimum atomic E-state index is 0.233. The molecule has 0 aromatic carbocycles. The van der Waals surface area contributed by atoms with Crippen LogP contribution in [0.3, 0.4) is 0 Å². The van der Waals surface area contributed by atoms with Crippen LogP contribution in [-0.4, -0.2) is 60.6 Å². The predicted molar refractivity (Wildman–Crippen MR) is 87.1 cm³/mol.